The summed E-state index contributed by atoms with van der Waals surface area (Å²) in [5.74, 6) is 0. The van der Waals surface area contributed by atoms with Gasteiger partial charge in [0.25, 0.3) is 0 Å². The maximum absolute atomic E-state index is 12.1. The molecule has 1 fully saturated rings. The lowest BCUT2D eigenvalue weighted by Gasteiger charge is -2.21. The highest BCUT2D eigenvalue weighted by atomic mass is 32.1. The van der Waals surface area contributed by atoms with Gasteiger partial charge in [-0.25, -0.2) is 9.78 Å². The van der Waals surface area contributed by atoms with Gasteiger partial charge in [-0.15, -0.1) is 17.9 Å². The molecule has 0 spiro atoms. The van der Waals surface area contributed by atoms with Gasteiger partial charge < -0.3 is 4.90 Å². The van der Waals surface area contributed by atoms with Crippen molar-refractivity contribution in [2.75, 3.05) is 13.2 Å². The van der Waals surface area contributed by atoms with Crippen molar-refractivity contribution in [3.8, 4) is 0 Å². The van der Waals surface area contributed by atoms with Gasteiger partial charge >= 0.3 is 6.03 Å². The Kier molecular flexibility index (Phi) is 3.31. The van der Waals surface area contributed by atoms with Gasteiger partial charge in [0.2, 0.25) is 0 Å². The second kappa shape index (κ2) is 5.12. The standard InChI is InChI=1S/C11H12N6O2S/c1-2-3-19-17-8-6-16(11(17)18)5-7-10(8)20-9(14-7)4-13-15-12/h2,8H,1,3-6H2. The lowest BCUT2D eigenvalue weighted by Crippen LogP contribution is -2.30. The molecule has 1 aromatic rings. The number of hydrogen-bond donors (Lipinski definition) is 0. The number of azide groups is 1. The minimum absolute atomic E-state index is 0.136. The zero-order valence-corrected chi connectivity index (χ0v) is 11.4. The molecule has 0 radical (unpaired) electrons. The second-order valence-electron chi connectivity index (χ2n) is 4.40. The van der Waals surface area contributed by atoms with Crippen LogP contribution in [-0.4, -0.2) is 34.1 Å². The lowest BCUT2D eigenvalue weighted by atomic mass is 10.1. The molecule has 20 heavy (non-hydrogen) atoms. The number of aromatic nitrogens is 1. The Morgan fingerprint density at radius 1 is 1.70 bits per heavy atom. The van der Waals surface area contributed by atoms with Crippen molar-refractivity contribution in [1.82, 2.24) is 14.9 Å². The molecule has 1 unspecified atom stereocenters. The summed E-state index contributed by atoms with van der Waals surface area (Å²) in [5, 5.41) is 5.67. The van der Waals surface area contributed by atoms with Crippen molar-refractivity contribution in [2.24, 2.45) is 5.11 Å². The van der Waals surface area contributed by atoms with E-state index in [4.69, 9.17) is 10.4 Å². The molecular weight excluding hydrogens is 280 g/mol. The molecule has 1 saturated heterocycles. The smallest absolute Gasteiger partial charge is 0.314 e. The average molecular weight is 292 g/mol. The van der Waals surface area contributed by atoms with Crippen LogP contribution >= 0.6 is 11.3 Å². The first-order chi connectivity index (χ1) is 9.74. The summed E-state index contributed by atoms with van der Waals surface area (Å²) < 4.78 is 0. The number of carbonyl (C=O) groups is 1. The quantitative estimate of drug-likeness (QED) is 0.361. The van der Waals surface area contributed by atoms with Crippen LogP contribution in [0.3, 0.4) is 0 Å². The number of hydrogen-bond acceptors (Lipinski definition) is 5. The van der Waals surface area contributed by atoms with Crippen LogP contribution in [0.2, 0.25) is 0 Å². The number of nitrogens with zero attached hydrogens (tertiary/aromatic N) is 6. The molecule has 0 saturated carbocycles. The Labute approximate surface area is 118 Å². The third-order valence-corrected chi connectivity index (χ3v) is 4.33. The summed E-state index contributed by atoms with van der Waals surface area (Å²) in [6, 6.07) is -0.276. The topological polar surface area (TPSA) is 94.4 Å². The van der Waals surface area contributed by atoms with Crippen LogP contribution < -0.4 is 0 Å². The first-order valence-corrected chi connectivity index (χ1v) is 6.87. The number of carbonyl (C=O) groups excluding carboxylic acids is 1. The predicted octanol–water partition coefficient (Wildman–Crippen LogP) is 2.36. The van der Waals surface area contributed by atoms with E-state index in [9.17, 15) is 4.79 Å². The van der Waals surface area contributed by atoms with E-state index in [2.05, 4.69) is 21.6 Å². The van der Waals surface area contributed by atoms with Gasteiger partial charge in [-0.05, 0) is 5.53 Å². The van der Waals surface area contributed by atoms with Gasteiger partial charge in [0.15, 0.2) is 0 Å². The summed E-state index contributed by atoms with van der Waals surface area (Å²) in [7, 11) is 0. The zero-order valence-electron chi connectivity index (χ0n) is 10.6. The first-order valence-electron chi connectivity index (χ1n) is 6.06. The van der Waals surface area contributed by atoms with Gasteiger partial charge in [-0.1, -0.05) is 11.2 Å². The van der Waals surface area contributed by atoms with Crippen molar-refractivity contribution in [3.63, 3.8) is 0 Å². The highest BCUT2D eigenvalue weighted by Gasteiger charge is 2.45. The van der Waals surface area contributed by atoms with Gasteiger partial charge in [0.05, 0.1) is 41.8 Å². The van der Waals surface area contributed by atoms with E-state index in [0.717, 1.165) is 15.6 Å². The lowest BCUT2D eigenvalue weighted by molar-refractivity contribution is -0.118. The van der Waals surface area contributed by atoms with Gasteiger partial charge in [-0.2, -0.15) is 5.06 Å². The van der Waals surface area contributed by atoms with Crippen LogP contribution in [-0.2, 0) is 17.9 Å². The number of thiazole rings is 1. The fourth-order valence-electron chi connectivity index (χ4n) is 2.36. The van der Waals surface area contributed by atoms with Crippen LogP contribution in [0, 0.1) is 0 Å². The highest BCUT2D eigenvalue weighted by molar-refractivity contribution is 7.11. The van der Waals surface area contributed by atoms with Crippen LogP contribution in [0.25, 0.3) is 10.4 Å². The van der Waals surface area contributed by atoms with Crippen LogP contribution in [0.4, 0.5) is 4.79 Å². The van der Waals surface area contributed by atoms with E-state index in [1.165, 1.54) is 16.4 Å². The van der Waals surface area contributed by atoms with Gasteiger partial charge in [0.1, 0.15) is 6.04 Å². The summed E-state index contributed by atoms with van der Waals surface area (Å²) >= 11 is 1.47. The predicted molar refractivity (Wildman–Crippen MR) is 71.5 cm³/mol. The Morgan fingerprint density at radius 2 is 2.55 bits per heavy atom. The second-order valence-corrected chi connectivity index (χ2v) is 5.51. The van der Waals surface area contributed by atoms with Crippen LogP contribution in [0.1, 0.15) is 21.6 Å². The molecule has 0 aromatic carbocycles. The fraction of sp³-hybridized carbons (Fsp3) is 0.455. The summed E-state index contributed by atoms with van der Waals surface area (Å²) in [6.45, 7) is 5.19. The molecule has 1 atom stereocenters. The molecule has 2 amide bonds. The fourth-order valence-corrected chi connectivity index (χ4v) is 3.43. The number of fused-ring (bicyclic) bond motifs is 4. The largest absolute Gasteiger partial charge is 0.345 e. The Hall–Kier alpha value is -2.09. The van der Waals surface area contributed by atoms with Crippen LogP contribution in [0.5, 0.6) is 0 Å². The van der Waals surface area contributed by atoms with E-state index in [-0.39, 0.29) is 25.2 Å². The van der Waals surface area contributed by atoms with Crippen molar-refractivity contribution < 1.29 is 9.63 Å². The number of rotatable bonds is 5. The van der Waals surface area contributed by atoms with E-state index in [1.54, 1.807) is 11.0 Å². The number of amides is 2. The van der Waals surface area contributed by atoms with Crippen molar-refractivity contribution >= 4 is 17.4 Å². The third-order valence-electron chi connectivity index (χ3n) is 3.15. The van der Waals surface area contributed by atoms with Crippen molar-refractivity contribution in [2.45, 2.75) is 19.1 Å². The molecule has 0 N–H and O–H groups in total. The summed E-state index contributed by atoms with van der Waals surface area (Å²) in [5.41, 5.74) is 9.22. The molecule has 2 bridgehead atoms. The first kappa shape index (κ1) is 12.9. The molecule has 8 nitrogen and oxygen atoms in total. The number of urea groups is 1. The van der Waals surface area contributed by atoms with Crippen LogP contribution in [0.15, 0.2) is 17.8 Å². The van der Waals surface area contributed by atoms with Crippen molar-refractivity contribution in [1.29, 1.82) is 0 Å². The molecule has 9 heteroatoms. The molecule has 3 rings (SSSR count). The monoisotopic (exact) mass is 292 g/mol. The Morgan fingerprint density at radius 3 is 3.30 bits per heavy atom. The van der Waals surface area contributed by atoms with Gasteiger partial charge in [-0.3, -0.25) is 4.84 Å². The maximum atomic E-state index is 12.1. The maximum Gasteiger partial charge on any atom is 0.345 e. The highest BCUT2D eigenvalue weighted by Crippen LogP contribution is 2.40. The molecule has 104 valence electrons. The minimum atomic E-state index is -0.140. The average Bonchev–Trinajstić information content (AvgIpc) is 2.97. The molecular formula is C11H12N6O2S. The minimum Gasteiger partial charge on any atom is -0.314 e. The van der Waals surface area contributed by atoms with E-state index >= 15 is 0 Å². The Bertz CT molecular complexity index is 608. The Balaban J connectivity index is 1.88. The third kappa shape index (κ3) is 2.01. The normalized spacial score (nSPS) is 19.8. The van der Waals surface area contributed by atoms with E-state index in [0.29, 0.717) is 13.1 Å². The zero-order chi connectivity index (χ0) is 14.1. The summed E-state index contributed by atoms with van der Waals surface area (Å²) in [4.78, 5) is 27.4. The SMILES string of the molecule is C=CCON1C(=O)N2Cc3nc(CN=[N+]=[N-])sc3C1C2. The van der Waals surface area contributed by atoms with Crippen molar-refractivity contribution in [3.05, 3.63) is 38.7 Å². The summed E-state index contributed by atoms with van der Waals surface area (Å²) in [6.07, 6.45) is 1.60. The van der Waals surface area contributed by atoms with E-state index in [1.807, 2.05) is 0 Å². The molecule has 2 aliphatic heterocycles. The molecule has 2 aliphatic rings. The molecule has 3 heterocycles. The molecule has 1 aromatic heterocycles. The molecule has 0 aliphatic carbocycles. The van der Waals surface area contributed by atoms with E-state index < -0.39 is 0 Å². The number of hydroxylamine groups is 2. The van der Waals surface area contributed by atoms with Gasteiger partial charge in [0, 0.05) is 4.91 Å².